The molecule has 1 saturated carbocycles. The fourth-order valence-corrected chi connectivity index (χ4v) is 5.66. The number of halogens is 2. The summed E-state index contributed by atoms with van der Waals surface area (Å²) in [5, 5.41) is 9.36. The van der Waals surface area contributed by atoms with E-state index < -0.39 is 41.6 Å². The monoisotopic (exact) mass is 647 g/mol. The molecule has 0 spiro atoms. The number of hydrogen-bond acceptors (Lipinski definition) is 8. The summed E-state index contributed by atoms with van der Waals surface area (Å²) >= 11 is 12.2. The average Bonchev–Trinajstić information content (AvgIpc) is 3.35. The smallest absolute Gasteiger partial charge is 0.411 e. The number of likely N-dealkylation sites (tertiary alicyclic amines) is 1. The lowest BCUT2D eigenvalue weighted by Crippen LogP contribution is -2.52. The number of aromatic nitrogens is 1. The second-order valence-electron chi connectivity index (χ2n) is 12.0. The minimum absolute atomic E-state index is 0.0655. The Kier molecular flexibility index (Phi) is 11.1. The molecule has 3 N–H and O–H groups in total. The molecular weight excluding hydrogens is 609 g/mol. The van der Waals surface area contributed by atoms with E-state index in [1.165, 1.54) is 17.3 Å². The van der Waals surface area contributed by atoms with Crippen LogP contribution in [0, 0.1) is 0 Å². The SMILES string of the molecule is CCOC(=O)[C@H](Cc1ccc(NC(=O)c2c(Cl)cncc2Cl)cc1)NC(=O)[C@@H]1C[C@@H](NC2CCC2)CN1C(=O)OC(C)(C)C. The van der Waals surface area contributed by atoms with Gasteiger partial charge in [0.25, 0.3) is 5.91 Å². The van der Waals surface area contributed by atoms with E-state index in [1.54, 1.807) is 52.0 Å². The first-order chi connectivity index (χ1) is 20.8. The number of nitrogens with zero attached hydrogens (tertiary/aromatic N) is 2. The molecule has 1 aliphatic heterocycles. The minimum atomic E-state index is -1.00. The number of benzene rings is 1. The average molecular weight is 649 g/mol. The molecular formula is C31H39Cl2N5O6. The second-order valence-corrected chi connectivity index (χ2v) is 12.8. The second kappa shape index (κ2) is 14.6. The molecule has 1 aliphatic carbocycles. The summed E-state index contributed by atoms with van der Waals surface area (Å²) in [6, 6.07) is 5.28. The molecule has 0 unspecified atom stereocenters. The summed E-state index contributed by atoms with van der Waals surface area (Å²) in [5.41, 5.74) is 0.563. The van der Waals surface area contributed by atoms with Crippen molar-refractivity contribution in [2.24, 2.45) is 0 Å². The van der Waals surface area contributed by atoms with Crippen molar-refractivity contribution in [2.75, 3.05) is 18.5 Å². The predicted molar refractivity (Wildman–Crippen MR) is 167 cm³/mol. The summed E-state index contributed by atoms with van der Waals surface area (Å²) < 4.78 is 10.9. The third-order valence-electron chi connectivity index (χ3n) is 7.43. The molecule has 44 heavy (non-hydrogen) atoms. The number of amides is 3. The Hall–Kier alpha value is -3.41. The summed E-state index contributed by atoms with van der Waals surface area (Å²) in [6.07, 6.45) is 5.91. The lowest BCUT2D eigenvalue weighted by Gasteiger charge is -2.30. The van der Waals surface area contributed by atoms with Crippen molar-refractivity contribution < 1.29 is 28.7 Å². The molecule has 1 aromatic heterocycles. The van der Waals surface area contributed by atoms with E-state index in [1.807, 2.05) is 0 Å². The summed E-state index contributed by atoms with van der Waals surface area (Å²) in [7, 11) is 0. The molecule has 1 saturated heterocycles. The molecule has 2 heterocycles. The Morgan fingerprint density at radius 1 is 1.05 bits per heavy atom. The van der Waals surface area contributed by atoms with Gasteiger partial charge in [0.2, 0.25) is 5.91 Å². The molecule has 3 amide bonds. The summed E-state index contributed by atoms with van der Waals surface area (Å²) in [4.78, 5) is 57.7. The number of pyridine rings is 1. The van der Waals surface area contributed by atoms with Crippen molar-refractivity contribution in [1.29, 1.82) is 0 Å². The Bertz CT molecular complexity index is 1340. The van der Waals surface area contributed by atoms with Crippen LogP contribution in [0.25, 0.3) is 0 Å². The van der Waals surface area contributed by atoms with Crippen molar-refractivity contribution in [1.82, 2.24) is 20.5 Å². The van der Waals surface area contributed by atoms with Crippen molar-refractivity contribution in [2.45, 2.75) is 89.6 Å². The number of anilines is 1. The van der Waals surface area contributed by atoms with Crippen LogP contribution >= 0.6 is 23.2 Å². The van der Waals surface area contributed by atoms with Crippen LogP contribution in [0.5, 0.6) is 0 Å². The summed E-state index contributed by atoms with van der Waals surface area (Å²) in [6.45, 7) is 7.48. The zero-order valence-corrected chi connectivity index (χ0v) is 26.8. The molecule has 13 heteroatoms. The van der Waals surface area contributed by atoms with E-state index in [0.29, 0.717) is 30.3 Å². The standard InChI is InChI=1S/C31H39Cl2N5O6/c1-5-43-29(41)24(13-18-9-11-20(12-10-18)36-28(40)26-22(32)15-34-16-23(26)33)37-27(39)25-14-21(35-19-7-6-8-19)17-38(25)30(42)44-31(2,3)4/h9-12,15-16,19,21,24-25,35H,5-8,13-14,17H2,1-4H3,(H,36,40)(H,37,39)/t21-,24+,25+/m1/s1. The fraction of sp³-hybridized carbons (Fsp3) is 0.516. The number of esters is 1. The molecule has 11 nitrogen and oxygen atoms in total. The van der Waals surface area contributed by atoms with Crippen LogP contribution in [-0.4, -0.2) is 76.7 Å². The fourth-order valence-electron chi connectivity index (χ4n) is 5.12. The molecule has 2 fully saturated rings. The molecule has 2 aliphatic rings. The van der Waals surface area contributed by atoms with Crippen LogP contribution in [0.4, 0.5) is 10.5 Å². The number of nitrogens with one attached hydrogen (secondary N) is 3. The van der Waals surface area contributed by atoms with Gasteiger partial charge in [0.15, 0.2) is 0 Å². The van der Waals surface area contributed by atoms with E-state index >= 15 is 0 Å². The van der Waals surface area contributed by atoms with Crippen LogP contribution in [-0.2, 0) is 25.5 Å². The maximum atomic E-state index is 13.6. The third kappa shape index (κ3) is 8.83. The van der Waals surface area contributed by atoms with Crippen molar-refractivity contribution in [3.05, 3.63) is 57.8 Å². The Labute approximate surface area is 267 Å². The first kappa shape index (κ1) is 33.5. The highest BCUT2D eigenvalue weighted by Crippen LogP contribution is 2.27. The quantitative estimate of drug-likeness (QED) is 0.314. The molecule has 3 atom stereocenters. The van der Waals surface area contributed by atoms with Crippen molar-refractivity contribution in [3.8, 4) is 0 Å². The number of ether oxygens (including phenoxy) is 2. The number of hydrogen-bond donors (Lipinski definition) is 3. The lowest BCUT2D eigenvalue weighted by atomic mass is 9.92. The number of rotatable bonds is 10. The molecule has 0 radical (unpaired) electrons. The van der Waals surface area contributed by atoms with Gasteiger partial charge in [-0.25, -0.2) is 9.59 Å². The third-order valence-corrected chi connectivity index (χ3v) is 8.00. The Morgan fingerprint density at radius 2 is 1.70 bits per heavy atom. The van der Waals surface area contributed by atoms with Gasteiger partial charge < -0.3 is 25.4 Å². The normalized spacial score (nSPS) is 19.1. The Morgan fingerprint density at radius 3 is 2.27 bits per heavy atom. The first-order valence-electron chi connectivity index (χ1n) is 14.8. The minimum Gasteiger partial charge on any atom is -0.464 e. The number of carbonyl (C=O) groups is 4. The van der Waals surface area contributed by atoms with E-state index in [9.17, 15) is 19.2 Å². The van der Waals surface area contributed by atoms with E-state index in [4.69, 9.17) is 32.7 Å². The van der Waals surface area contributed by atoms with Gasteiger partial charge in [-0.15, -0.1) is 0 Å². The maximum absolute atomic E-state index is 13.6. The number of carbonyl (C=O) groups excluding carboxylic acids is 4. The largest absolute Gasteiger partial charge is 0.464 e. The molecule has 238 valence electrons. The van der Waals surface area contributed by atoms with Crippen LogP contribution in [0.2, 0.25) is 10.0 Å². The summed E-state index contributed by atoms with van der Waals surface area (Å²) in [5.74, 6) is -1.55. The molecule has 1 aromatic carbocycles. The van der Waals surface area contributed by atoms with Crippen molar-refractivity contribution in [3.63, 3.8) is 0 Å². The zero-order chi connectivity index (χ0) is 32.0. The lowest BCUT2D eigenvalue weighted by molar-refractivity contribution is -0.147. The zero-order valence-electron chi connectivity index (χ0n) is 25.3. The van der Waals surface area contributed by atoms with Gasteiger partial charge in [-0.05, 0) is 64.7 Å². The van der Waals surface area contributed by atoms with Crippen LogP contribution in [0.15, 0.2) is 36.7 Å². The highest BCUT2D eigenvalue weighted by atomic mass is 35.5. The first-order valence-corrected chi connectivity index (χ1v) is 15.5. The van der Waals surface area contributed by atoms with Gasteiger partial charge in [-0.1, -0.05) is 41.8 Å². The van der Waals surface area contributed by atoms with Gasteiger partial charge in [0, 0.05) is 43.1 Å². The van der Waals surface area contributed by atoms with Crippen LogP contribution in [0.3, 0.4) is 0 Å². The van der Waals surface area contributed by atoms with Gasteiger partial charge in [0.1, 0.15) is 17.7 Å². The van der Waals surface area contributed by atoms with Gasteiger partial charge in [-0.2, -0.15) is 0 Å². The van der Waals surface area contributed by atoms with Gasteiger partial charge in [0.05, 0.1) is 22.2 Å². The maximum Gasteiger partial charge on any atom is 0.411 e. The highest BCUT2D eigenvalue weighted by molar-refractivity contribution is 6.40. The van der Waals surface area contributed by atoms with Crippen LogP contribution < -0.4 is 16.0 Å². The molecule has 2 aromatic rings. The topological polar surface area (TPSA) is 139 Å². The van der Waals surface area contributed by atoms with Gasteiger partial charge >= 0.3 is 12.1 Å². The predicted octanol–water partition coefficient (Wildman–Crippen LogP) is 4.75. The van der Waals surface area contributed by atoms with Gasteiger partial charge in [-0.3, -0.25) is 19.5 Å². The van der Waals surface area contributed by atoms with E-state index in [0.717, 1.165) is 19.3 Å². The van der Waals surface area contributed by atoms with E-state index in [-0.39, 0.29) is 34.7 Å². The Balaban J connectivity index is 1.45. The van der Waals surface area contributed by atoms with E-state index in [2.05, 4.69) is 20.9 Å². The molecule has 4 rings (SSSR count). The highest BCUT2D eigenvalue weighted by Gasteiger charge is 2.43. The van der Waals surface area contributed by atoms with Crippen LogP contribution in [0.1, 0.15) is 69.3 Å². The van der Waals surface area contributed by atoms with Crippen molar-refractivity contribution >= 4 is 52.8 Å². The molecule has 0 bridgehead atoms.